The fourth-order valence-electron chi connectivity index (χ4n) is 1.81. The van der Waals surface area contributed by atoms with Crippen molar-refractivity contribution in [1.29, 1.82) is 0 Å². The summed E-state index contributed by atoms with van der Waals surface area (Å²) in [5.41, 5.74) is 1.53. The second-order valence-corrected chi connectivity index (χ2v) is 4.32. The van der Waals surface area contributed by atoms with Crippen molar-refractivity contribution < 1.29 is 9.90 Å². The molecule has 1 amide bonds. The van der Waals surface area contributed by atoms with Crippen LogP contribution in [0.4, 0.5) is 0 Å². The van der Waals surface area contributed by atoms with Crippen LogP contribution in [0.5, 0.6) is 0 Å². The van der Waals surface area contributed by atoms with Gasteiger partial charge < -0.3 is 10.4 Å². The molecule has 2 N–H and O–H groups in total. The fraction of sp³-hybridized carbons (Fsp3) is 0.200. The van der Waals surface area contributed by atoms with E-state index in [1.54, 1.807) is 24.5 Å². The number of pyridine rings is 1. The number of carbonyl (C=O) groups is 1. The Labute approximate surface area is 112 Å². The van der Waals surface area contributed by atoms with E-state index in [9.17, 15) is 9.90 Å². The number of hydrogen-bond acceptors (Lipinski definition) is 3. The summed E-state index contributed by atoms with van der Waals surface area (Å²) in [4.78, 5) is 15.8. The third-order valence-electron chi connectivity index (χ3n) is 2.93. The van der Waals surface area contributed by atoms with Crippen molar-refractivity contribution in [3.05, 3.63) is 66.0 Å². The first-order chi connectivity index (χ1) is 9.18. The van der Waals surface area contributed by atoms with Gasteiger partial charge in [0.25, 0.3) is 5.91 Å². The van der Waals surface area contributed by atoms with Crippen LogP contribution in [0.15, 0.2) is 54.9 Å². The van der Waals surface area contributed by atoms with Crippen molar-refractivity contribution in [2.75, 3.05) is 0 Å². The van der Waals surface area contributed by atoms with Gasteiger partial charge in [0.05, 0.1) is 6.04 Å². The highest BCUT2D eigenvalue weighted by Crippen LogP contribution is 2.15. The van der Waals surface area contributed by atoms with Gasteiger partial charge in [0.1, 0.15) is 0 Å². The normalized spacial score (nSPS) is 13.6. The molecule has 0 radical (unpaired) electrons. The van der Waals surface area contributed by atoms with Gasteiger partial charge in [-0.05, 0) is 30.2 Å². The largest absolute Gasteiger partial charge is 0.378 e. The Morgan fingerprint density at radius 1 is 1.11 bits per heavy atom. The molecule has 0 spiro atoms. The average Bonchev–Trinajstić information content (AvgIpc) is 2.48. The number of amides is 1. The van der Waals surface area contributed by atoms with Gasteiger partial charge in [-0.15, -0.1) is 0 Å². The van der Waals surface area contributed by atoms with Crippen molar-refractivity contribution in [1.82, 2.24) is 10.3 Å². The lowest BCUT2D eigenvalue weighted by Crippen LogP contribution is -2.31. The summed E-state index contributed by atoms with van der Waals surface area (Å²) in [6.45, 7) is 1.88. The van der Waals surface area contributed by atoms with E-state index in [1.165, 1.54) is 0 Å². The molecule has 98 valence electrons. The number of aliphatic hydroxyl groups excluding tert-OH is 1. The van der Waals surface area contributed by atoms with Gasteiger partial charge in [-0.2, -0.15) is 0 Å². The molecular weight excluding hydrogens is 240 g/mol. The quantitative estimate of drug-likeness (QED) is 0.879. The summed E-state index contributed by atoms with van der Waals surface area (Å²) in [7, 11) is 0. The summed E-state index contributed by atoms with van der Waals surface area (Å²) in [5.74, 6) is -0.414. The Hall–Kier alpha value is -2.20. The highest BCUT2D eigenvalue weighted by molar-refractivity contribution is 5.82. The maximum atomic E-state index is 11.9. The molecule has 1 aromatic carbocycles. The molecule has 2 aromatic rings. The third kappa shape index (κ3) is 3.39. The molecule has 2 rings (SSSR count). The van der Waals surface area contributed by atoms with Crippen LogP contribution < -0.4 is 5.32 Å². The van der Waals surface area contributed by atoms with Crippen LogP contribution in [-0.4, -0.2) is 16.0 Å². The van der Waals surface area contributed by atoms with Gasteiger partial charge in [-0.1, -0.05) is 30.3 Å². The SMILES string of the molecule is C[C@@H](NC(=O)[C@H](O)c1ccncc1)c1ccccc1. The molecule has 0 saturated carbocycles. The van der Waals surface area contributed by atoms with Gasteiger partial charge in [0.15, 0.2) is 6.10 Å². The molecule has 4 nitrogen and oxygen atoms in total. The fourth-order valence-corrected chi connectivity index (χ4v) is 1.81. The third-order valence-corrected chi connectivity index (χ3v) is 2.93. The number of aliphatic hydroxyl groups is 1. The number of carbonyl (C=O) groups excluding carboxylic acids is 1. The van der Waals surface area contributed by atoms with E-state index in [0.29, 0.717) is 5.56 Å². The lowest BCUT2D eigenvalue weighted by atomic mass is 10.1. The van der Waals surface area contributed by atoms with Gasteiger partial charge in [0.2, 0.25) is 0 Å². The van der Waals surface area contributed by atoms with Crippen molar-refractivity contribution in [2.24, 2.45) is 0 Å². The minimum Gasteiger partial charge on any atom is -0.378 e. The van der Waals surface area contributed by atoms with Crippen LogP contribution >= 0.6 is 0 Å². The molecule has 0 aliphatic heterocycles. The summed E-state index contributed by atoms with van der Waals surface area (Å²) in [6, 6.07) is 12.7. The minimum absolute atomic E-state index is 0.148. The number of nitrogens with one attached hydrogen (secondary N) is 1. The molecule has 1 heterocycles. The average molecular weight is 256 g/mol. The van der Waals surface area contributed by atoms with Crippen LogP contribution in [0.3, 0.4) is 0 Å². The molecule has 2 atom stereocenters. The zero-order valence-corrected chi connectivity index (χ0v) is 10.7. The van der Waals surface area contributed by atoms with Crippen LogP contribution in [0, 0.1) is 0 Å². The second-order valence-electron chi connectivity index (χ2n) is 4.32. The highest BCUT2D eigenvalue weighted by Gasteiger charge is 2.19. The number of aromatic nitrogens is 1. The highest BCUT2D eigenvalue weighted by atomic mass is 16.3. The maximum absolute atomic E-state index is 11.9. The zero-order valence-electron chi connectivity index (χ0n) is 10.7. The van der Waals surface area contributed by atoms with E-state index >= 15 is 0 Å². The van der Waals surface area contributed by atoms with Crippen molar-refractivity contribution in [3.8, 4) is 0 Å². The van der Waals surface area contributed by atoms with Crippen LogP contribution in [0.1, 0.15) is 30.2 Å². The number of rotatable bonds is 4. The number of benzene rings is 1. The topological polar surface area (TPSA) is 62.2 Å². The van der Waals surface area contributed by atoms with E-state index in [2.05, 4.69) is 10.3 Å². The standard InChI is InChI=1S/C15H16N2O2/c1-11(12-5-3-2-4-6-12)17-15(19)14(18)13-7-9-16-10-8-13/h2-11,14,18H,1H3,(H,17,19)/t11-,14-/m1/s1. The summed E-state index contributed by atoms with van der Waals surface area (Å²) < 4.78 is 0. The molecule has 1 aromatic heterocycles. The van der Waals surface area contributed by atoms with E-state index < -0.39 is 12.0 Å². The van der Waals surface area contributed by atoms with Crippen molar-refractivity contribution >= 4 is 5.91 Å². The van der Waals surface area contributed by atoms with Gasteiger partial charge in [-0.25, -0.2) is 0 Å². The Balaban J connectivity index is 2.02. The summed E-state index contributed by atoms with van der Waals surface area (Å²) in [5, 5.41) is 12.7. The van der Waals surface area contributed by atoms with Crippen molar-refractivity contribution in [2.45, 2.75) is 19.1 Å². The molecule has 19 heavy (non-hydrogen) atoms. The van der Waals surface area contributed by atoms with Crippen LogP contribution in [-0.2, 0) is 4.79 Å². The Morgan fingerprint density at radius 3 is 2.37 bits per heavy atom. The monoisotopic (exact) mass is 256 g/mol. The summed E-state index contributed by atoms with van der Waals surface area (Å²) in [6.07, 6.45) is 1.92. The Morgan fingerprint density at radius 2 is 1.74 bits per heavy atom. The molecule has 0 aliphatic carbocycles. The lowest BCUT2D eigenvalue weighted by molar-refractivity contribution is -0.130. The lowest BCUT2D eigenvalue weighted by Gasteiger charge is -2.17. The van der Waals surface area contributed by atoms with Crippen LogP contribution in [0.25, 0.3) is 0 Å². The van der Waals surface area contributed by atoms with Crippen molar-refractivity contribution in [3.63, 3.8) is 0 Å². The zero-order chi connectivity index (χ0) is 13.7. The minimum atomic E-state index is -1.17. The molecule has 0 aliphatic rings. The first-order valence-electron chi connectivity index (χ1n) is 6.12. The molecule has 0 saturated heterocycles. The predicted molar refractivity (Wildman–Crippen MR) is 72.2 cm³/mol. The predicted octanol–water partition coefficient (Wildman–Crippen LogP) is 1.99. The second kappa shape index (κ2) is 6.11. The number of hydrogen-bond donors (Lipinski definition) is 2. The molecule has 0 unspecified atom stereocenters. The van der Waals surface area contributed by atoms with E-state index in [4.69, 9.17) is 0 Å². The van der Waals surface area contributed by atoms with E-state index in [1.807, 2.05) is 37.3 Å². The first-order valence-corrected chi connectivity index (χ1v) is 6.12. The van der Waals surface area contributed by atoms with E-state index in [-0.39, 0.29) is 6.04 Å². The molecule has 4 heteroatoms. The summed E-state index contributed by atoms with van der Waals surface area (Å²) >= 11 is 0. The van der Waals surface area contributed by atoms with Gasteiger partial charge >= 0.3 is 0 Å². The maximum Gasteiger partial charge on any atom is 0.253 e. The molecule has 0 bridgehead atoms. The van der Waals surface area contributed by atoms with Gasteiger partial charge in [-0.3, -0.25) is 9.78 Å². The molecule has 0 fully saturated rings. The first kappa shape index (κ1) is 13.2. The Kier molecular flexibility index (Phi) is 4.26. The number of nitrogens with zero attached hydrogens (tertiary/aromatic N) is 1. The Bertz CT molecular complexity index is 528. The molecular formula is C15H16N2O2. The van der Waals surface area contributed by atoms with Gasteiger partial charge in [0, 0.05) is 12.4 Å². The van der Waals surface area contributed by atoms with Crippen LogP contribution in [0.2, 0.25) is 0 Å². The van der Waals surface area contributed by atoms with E-state index in [0.717, 1.165) is 5.56 Å². The smallest absolute Gasteiger partial charge is 0.253 e.